The number of carbonyl (C=O) groups is 2. The number of hydrogen-bond acceptors (Lipinski definition) is 9. The average molecular weight is 565 g/mol. The fraction of sp³-hybridized carbons (Fsp3) is 0.871. The van der Waals surface area contributed by atoms with Gasteiger partial charge in [-0.25, -0.2) is 9.59 Å². The first-order chi connectivity index (χ1) is 18.8. The van der Waals surface area contributed by atoms with Gasteiger partial charge in [0.25, 0.3) is 0 Å². The molecule has 9 heteroatoms. The lowest BCUT2D eigenvalue weighted by Crippen LogP contribution is -2.67. The molecule has 4 aliphatic carbocycles. The summed E-state index contributed by atoms with van der Waals surface area (Å²) < 4.78 is 33.3. The van der Waals surface area contributed by atoms with Crippen LogP contribution in [-0.4, -0.2) is 68.9 Å². The summed E-state index contributed by atoms with van der Waals surface area (Å²) in [6.45, 7) is 12.5. The average Bonchev–Trinajstić information content (AvgIpc) is 3.26. The Bertz CT molecular complexity index is 1000. The zero-order chi connectivity index (χ0) is 29.1. The first-order valence-corrected chi connectivity index (χ1v) is 14.9. The third-order valence-electron chi connectivity index (χ3n) is 11.6. The van der Waals surface area contributed by atoms with Gasteiger partial charge in [-0.3, -0.25) is 0 Å². The number of allylic oxidation sites excluding steroid dienone is 1. The number of hydrogen-bond donors (Lipinski definition) is 1. The van der Waals surface area contributed by atoms with E-state index in [9.17, 15) is 14.7 Å². The highest BCUT2D eigenvalue weighted by atomic mass is 16.7. The van der Waals surface area contributed by atoms with Crippen molar-refractivity contribution in [2.24, 2.45) is 45.8 Å². The van der Waals surface area contributed by atoms with Gasteiger partial charge < -0.3 is 33.5 Å². The first kappa shape index (κ1) is 29.6. The molecule has 9 nitrogen and oxygen atoms in total. The molecule has 1 heterocycles. The Balaban J connectivity index is 1.41. The second-order valence-electron chi connectivity index (χ2n) is 14.3. The van der Waals surface area contributed by atoms with Gasteiger partial charge in [-0.1, -0.05) is 46.8 Å². The van der Waals surface area contributed by atoms with Crippen LogP contribution in [0.15, 0.2) is 12.2 Å². The molecule has 0 radical (unpaired) electrons. The predicted molar refractivity (Wildman–Crippen MR) is 145 cm³/mol. The first-order valence-electron chi connectivity index (χ1n) is 14.9. The second kappa shape index (κ2) is 10.5. The van der Waals surface area contributed by atoms with Crippen LogP contribution < -0.4 is 0 Å². The van der Waals surface area contributed by atoms with E-state index in [2.05, 4.69) is 33.8 Å². The van der Waals surface area contributed by atoms with Crippen molar-refractivity contribution in [3.8, 4) is 0 Å². The molecule has 5 aliphatic rings. The van der Waals surface area contributed by atoms with Gasteiger partial charge in [-0.15, -0.1) is 0 Å². The standard InChI is InChI=1S/C31H48O9/c1-18(25-37-16-28(2,3)17-38-25)21-8-9-22-20-10-13-31(34)15-19(39-26(32)35-6)14-24(40-27(33)36-7)30(31,5)23(20)11-12-29(21,22)4/h10,13,18-25,34H,8-9,11-12,14-17H2,1-7H3/t18?,19?,20-,21+,22-,23-,24?,29+,30-,31?/m0/s1. The Morgan fingerprint density at radius 3 is 2.25 bits per heavy atom. The summed E-state index contributed by atoms with van der Waals surface area (Å²) in [6, 6.07) is 0. The van der Waals surface area contributed by atoms with Crippen LogP contribution in [0.4, 0.5) is 9.59 Å². The number of carbonyl (C=O) groups excluding carboxylic acids is 2. The molecule has 10 atom stereocenters. The summed E-state index contributed by atoms with van der Waals surface area (Å²) in [5.41, 5.74) is -1.94. The normalized spacial score (nSPS) is 44.9. The Hall–Kier alpha value is -1.84. The Kier molecular flexibility index (Phi) is 7.75. The molecule has 0 spiro atoms. The third-order valence-corrected chi connectivity index (χ3v) is 11.6. The molecular weight excluding hydrogens is 516 g/mol. The quantitative estimate of drug-likeness (QED) is 0.350. The molecule has 0 amide bonds. The predicted octanol–water partition coefficient (Wildman–Crippen LogP) is 5.48. The zero-order valence-corrected chi connectivity index (χ0v) is 25.1. The lowest BCUT2D eigenvalue weighted by atomic mass is 9.44. The highest BCUT2D eigenvalue weighted by molar-refractivity contribution is 5.61. The second-order valence-corrected chi connectivity index (χ2v) is 14.3. The molecule has 0 bridgehead atoms. The summed E-state index contributed by atoms with van der Waals surface area (Å²) in [5, 5.41) is 12.2. The highest BCUT2D eigenvalue weighted by Crippen LogP contribution is 2.68. The van der Waals surface area contributed by atoms with Crippen LogP contribution in [0.2, 0.25) is 0 Å². The highest BCUT2D eigenvalue weighted by Gasteiger charge is 2.68. The van der Waals surface area contributed by atoms with E-state index >= 15 is 0 Å². The minimum atomic E-state index is -1.32. The molecule has 4 fully saturated rings. The Morgan fingerprint density at radius 2 is 1.60 bits per heavy atom. The van der Waals surface area contributed by atoms with Crippen molar-refractivity contribution >= 4 is 12.3 Å². The van der Waals surface area contributed by atoms with Crippen LogP contribution in [0.3, 0.4) is 0 Å². The zero-order valence-electron chi connectivity index (χ0n) is 25.1. The number of fused-ring (bicyclic) bond motifs is 5. The van der Waals surface area contributed by atoms with E-state index in [-0.39, 0.29) is 47.7 Å². The molecule has 5 rings (SSSR count). The fourth-order valence-electron chi connectivity index (χ4n) is 9.36. The van der Waals surface area contributed by atoms with Crippen molar-refractivity contribution in [2.75, 3.05) is 27.4 Å². The number of aliphatic hydroxyl groups is 1. The minimum Gasteiger partial charge on any atom is -0.438 e. The molecule has 1 saturated heterocycles. The maximum atomic E-state index is 12.4. The SMILES string of the molecule is COC(=O)OC1CC(OC(=O)OC)[C@]2(C)[C@H]3CC[C@]4(C)[C@@H](C(C)C5OCC(C)(C)CO5)CC[C@H]4[C@@H]3C=CC2(O)C1. The van der Waals surface area contributed by atoms with Crippen LogP contribution in [0, 0.1) is 45.8 Å². The van der Waals surface area contributed by atoms with Gasteiger partial charge in [-0.2, -0.15) is 0 Å². The van der Waals surface area contributed by atoms with Crippen molar-refractivity contribution in [2.45, 2.75) is 97.2 Å². The molecular formula is C31H48O9. The van der Waals surface area contributed by atoms with Crippen LogP contribution in [0.25, 0.3) is 0 Å². The molecule has 226 valence electrons. The summed E-state index contributed by atoms with van der Waals surface area (Å²) in [7, 11) is 2.53. The molecule has 4 unspecified atom stereocenters. The van der Waals surface area contributed by atoms with Crippen molar-refractivity contribution in [1.29, 1.82) is 0 Å². The van der Waals surface area contributed by atoms with Crippen molar-refractivity contribution < 1.29 is 43.1 Å². The topological polar surface area (TPSA) is 110 Å². The van der Waals surface area contributed by atoms with Gasteiger partial charge in [0.2, 0.25) is 0 Å². The lowest BCUT2D eigenvalue weighted by Gasteiger charge is -2.63. The summed E-state index contributed by atoms with van der Waals surface area (Å²) in [4.78, 5) is 24.3. The summed E-state index contributed by atoms with van der Waals surface area (Å²) in [5.74, 6) is 1.50. The largest absolute Gasteiger partial charge is 0.508 e. The number of methoxy groups -OCH3 is 2. The Morgan fingerprint density at radius 1 is 0.950 bits per heavy atom. The number of ether oxygens (including phenoxy) is 6. The van der Waals surface area contributed by atoms with Gasteiger partial charge in [-0.05, 0) is 54.8 Å². The molecule has 1 aliphatic heterocycles. The monoisotopic (exact) mass is 564 g/mol. The van der Waals surface area contributed by atoms with Gasteiger partial charge in [0.1, 0.15) is 12.2 Å². The minimum absolute atomic E-state index is 0.0409. The molecule has 3 saturated carbocycles. The van der Waals surface area contributed by atoms with Gasteiger partial charge >= 0.3 is 12.3 Å². The Labute approximate surface area is 238 Å². The van der Waals surface area contributed by atoms with E-state index in [4.69, 9.17) is 28.4 Å². The summed E-state index contributed by atoms with van der Waals surface area (Å²) in [6.07, 6.45) is 5.55. The van der Waals surface area contributed by atoms with E-state index in [0.29, 0.717) is 25.0 Å². The van der Waals surface area contributed by atoms with E-state index in [0.717, 1.165) is 25.7 Å². The van der Waals surface area contributed by atoms with Crippen molar-refractivity contribution in [3.05, 3.63) is 12.2 Å². The van der Waals surface area contributed by atoms with Crippen LogP contribution >= 0.6 is 0 Å². The third kappa shape index (κ3) is 4.74. The van der Waals surface area contributed by atoms with E-state index in [1.807, 2.05) is 13.0 Å². The molecule has 0 aromatic carbocycles. The molecule has 40 heavy (non-hydrogen) atoms. The molecule has 1 N–H and O–H groups in total. The molecule has 0 aromatic rings. The van der Waals surface area contributed by atoms with Gasteiger partial charge in [0.05, 0.1) is 33.0 Å². The number of rotatable bonds is 4. The molecule has 0 aromatic heterocycles. The van der Waals surface area contributed by atoms with Crippen LogP contribution in [0.5, 0.6) is 0 Å². The van der Waals surface area contributed by atoms with Crippen molar-refractivity contribution in [1.82, 2.24) is 0 Å². The lowest BCUT2D eigenvalue weighted by molar-refractivity contribution is -0.254. The van der Waals surface area contributed by atoms with Crippen molar-refractivity contribution in [3.63, 3.8) is 0 Å². The van der Waals surface area contributed by atoms with Crippen LogP contribution in [-0.2, 0) is 28.4 Å². The van der Waals surface area contributed by atoms with E-state index < -0.39 is 35.5 Å². The van der Waals surface area contributed by atoms with Crippen LogP contribution in [0.1, 0.15) is 73.1 Å². The van der Waals surface area contributed by atoms with Gasteiger partial charge in [0.15, 0.2) is 6.29 Å². The smallest absolute Gasteiger partial charge is 0.438 e. The van der Waals surface area contributed by atoms with E-state index in [1.165, 1.54) is 14.2 Å². The van der Waals surface area contributed by atoms with E-state index in [1.54, 1.807) is 0 Å². The summed E-state index contributed by atoms with van der Waals surface area (Å²) >= 11 is 0. The fourth-order valence-corrected chi connectivity index (χ4v) is 9.36. The van der Waals surface area contributed by atoms with Gasteiger partial charge in [0, 0.05) is 29.6 Å². The maximum absolute atomic E-state index is 12.4. The maximum Gasteiger partial charge on any atom is 0.508 e.